The summed E-state index contributed by atoms with van der Waals surface area (Å²) >= 11 is 5.20. The summed E-state index contributed by atoms with van der Waals surface area (Å²) in [5, 5.41) is 10.6. The van der Waals surface area contributed by atoms with Gasteiger partial charge in [-0.05, 0) is 55.6 Å². The van der Waals surface area contributed by atoms with Crippen LogP contribution in [0.2, 0.25) is 0 Å². The molecule has 0 fully saturated rings. The number of rotatable bonds is 4. The molecule has 0 amide bonds. The van der Waals surface area contributed by atoms with Gasteiger partial charge in [0, 0.05) is 6.21 Å². The van der Waals surface area contributed by atoms with Gasteiger partial charge >= 0.3 is 0 Å². The van der Waals surface area contributed by atoms with Crippen molar-refractivity contribution in [1.82, 2.24) is 9.55 Å². The Bertz CT molecular complexity index is 1080. The summed E-state index contributed by atoms with van der Waals surface area (Å²) in [6.45, 7) is 1.97. The highest BCUT2D eigenvalue weighted by Gasteiger charge is 2.11. The van der Waals surface area contributed by atoms with Crippen molar-refractivity contribution in [2.24, 2.45) is 4.99 Å². The summed E-state index contributed by atoms with van der Waals surface area (Å²) in [5.74, 6) is -0.216. The third kappa shape index (κ3) is 3.87. The molecule has 0 unspecified atom stereocenters. The summed E-state index contributed by atoms with van der Waals surface area (Å²) in [6, 6.07) is 16.9. The van der Waals surface area contributed by atoms with E-state index in [1.165, 1.54) is 10.6 Å². The third-order valence-electron chi connectivity index (χ3n) is 3.74. The van der Waals surface area contributed by atoms with Gasteiger partial charge in [-0.2, -0.15) is 0 Å². The second kappa shape index (κ2) is 7.76. The summed E-state index contributed by atoms with van der Waals surface area (Å²) in [4.78, 5) is 19.0. The van der Waals surface area contributed by atoms with E-state index in [-0.39, 0.29) is 16.2 Å². The van der Waals surface area contributed by atoms with E-state index in [1.54, 1.807) is 12.3 Å². The highest BCUT2D eigenvalue weighted by atomic mass is 32.1. The average molecular weight is 363 g/mol. The van der Waals surface area contributed by atoms with Gasteiger partial charge < -0.3 is 5.11 Å². The van der Waals surface area contributed by atoms with Gasteiger partial charge in [0.25, 0.3) is 5.56 Å². The second-order valence-corrected chi connectivity index (χ2v) is 6.03. The number of aromatic hydroxyl groups is 1. The number of hydrogen-bond acceptors (Lipinski definition) is 4. The minimum absolute atomic E-state index is 0.110. The Morgan fingerprint density at radius 2 is 1.81 bits per heavy atom. The molecule has 0 atom stereocenters. The summed E-state index contributed by atoms with van der Waals surface area (Å²) in [7, 11) is 0. The molecule has 1 aromatic heterocycles. The van der Waals surface area contributed by atoms with Crippen LogP contribution < -0.4 is 5.56 Å². The molecule has 0 spiro atoms. The molecule has 0 saturated carbocycles. The van der Waals surface area contributed by atoms with Gasteiger partial charge in [0.1, 0.15) is 5.56 Å². The Morgan fingerprint density at radius 1 is 1.12 bits per heavy atom. The van der Waals surface area contributed by atoms with Crippen LogP contribution in [0.1, 0.15) is 11.1 Å². The maximum atomic E-state index is 12.2. The molecular weight excluding hydrogens is 346 g/mol. The van der Waals surface area contributed by atoms with Crippen molar-refractivity contribution in [2.75, 3.05) is 0 Å². The second-order valence-electron chi connectivity index (χ2n) is 5.64. The van der Waals surface area contributed by atoms with Crippen molar-refractivity contribution in [1.29, 1.82) is 0 Å². The molecule has 3 aromatic rings. The Labute approximate surface area is 155 Å². The lowest BCUT2D eigenvalue weighted by Gasteiger charge is -2.11. The number of para-hydroxylation sites is 1. The van der Waals surface area contributed by atoms with E-state index < -0.39 is 5.56 Å². The molecule has 0 saturated heterocycles. The first-order valence-electron chi connectivity index (χ1n) is 7.97. The van der Waals surface area contributed by atoms with Crippen LogP contribution in [0, 0.1) is 11.7 Å². The highest BCUT2D eigenvalue weighted by molar-refractivity contribution is 7.71. The fraction of sp³-hybridized carbons (Fsp3) is 0.0500. The molecule has 130 valence electrons. The SMILES string of the molecule is Cc1ccc(-n2c(O)c(/C=C/C=Nc3ccccc3)c(=O)[nH]c2=S)cc1. The Kier molecular flexibility index (Phi) is 5.24. The summed E-state index contributed by atoms with van der Waals surface area (Å²) < 4.78 is 1.55. The van der Waals surface area contributed by atoms with E-state index in [0.717, 1.165) is 11.3 Å². The molecule has 1 heterocycles. The van der Waals surface area contributed by atoms with E-state index in [1.807, 2.05) is 61.5 Å². The number of aliphatic imine (C=N–C) groups is 1. The van der Waals surface area contributed by atoms with Crippen LogP contribution in [0.4, 0.5) is 5.69 Å². The first-order valence-corrected chi connectivity index (χ1v) is 8.38. The van der Waals surface area contributed by atoms with Crippen LogP contribution in [0.5, 0.6) is 5.88 Å². The Morgan fingerprint density at radius 3 is 2.50 bits per heavy atom. The topological polar surface area (TPSA) is 70.4 Å². The monoisotopic (exact) mass is 363 g/mol. The smallest absolute Gasteiger partial charge is 0.262 e. The van der Waals surface area contributed by atoms with E-state index in [0.29, 0.717) is 5.69 Å². The molecular formula is C20H17N3O2S. The number of hydrogen-bond donors (Lipinski definition) is 2. The Balaban J connectivity index is 1.97. The number of nitrogens with zero attached hydrogens (tertiary/aromatic N) is 2. The number of allylic oxidation sites excluding steroid dienone is 1. The molecule has 5 nitrogen and oxygen atoms in total. The third-order valence-corrected chi connectivity index (χ3v) is 4.03. The number of H-pyrrole nitrogens is 1. The molecule has 2 aromatic carbocycles. The van der Waals surface area contributed by atoms with E-state index in [2.05, 4.69) is 9.98 Å². The van der Waals surface area contributed by atoms with Gasteiger partial charge in [0.15, 0.2) is 4.77 Å². The molecule has 0 radical (unpaired) electrons. The van der Waals surface area contributed by atoms with Crippen LogP contribution in [0.15, 0.2) is 70.5 Å². The lowest BCUT2D eigenvalue weighted by Crippen LogP contribution is -2.15. The van der Waals surface area contributed by atoms with Gasteiger partial charge in [-0.15, -0.1) is 0 Å². The fourth-order valence-electron chi connectivity index (χ4n) is 2.40. The van der Waals surface area contributed by atoms with Gasteiger partial charge in [0.2, 0.25) is 5.88 Å². The van der Waals surface area contributed by atoms with Gasteiger partial charge in [-0.3, -0.25) is 19.3 Å². The fourth-order valence-corrected chi connectivity index (χ4v) is 2.69. The van der Waals surface area contributed by atoms with E-state index in [9.17, 15) is 9.90 Å². The van der Waals surface area contributed by atoms with E-state index in [4.69, 9.17) is 12.2 Å². The molecule has 3 rings (SSSR count). The van der Waals surface area contributed by atoms with Crippen LogP contribution in [0.3, 0.4) is 0 Å². The first kappa shape index (κ1) is 17.6. The highest BCUT2D eigenvalue weighted by Crippen LogP contribution is 2.20. The Hall–Kier alpha value is -3.25. The normalized spacial score (nSPS) is 11.4. The van der Waals surface area contributed by atoms with Crippen LogP contribution in [0.25, 0.3) is 11.8 Å². The van der Waals surface area contributed by atoms with Crippen molar-refractivity contribution >= 4 is 30.2 Å². The van der Waals surface area contributed by atoms with Crippen molar-refractivity contribution in [2.45, 2.75) is 6.92 Å². The van der Waals surface area contributed by atoms with Crippen LogP contribution in [-0.2, 0) is 0 Å². The molecule has 0 aliphatic rings. The molecule has 26 heavy (non-hydrogen) atoms. The van der Waals surface area contributed by atoms with Crippen molar-refractivity contribution in [3.05, 3.63) is 86.9 Å². The maximum absolute atomic E-state index is 12.2. The van der Waals surface area contributed by atoms with Crippen molar-refractivity contribution < 1.29 is 5.11 Å². The van der Waals surface area contributed by atoms with Crippen LogP contribution in [-0.4, -0.2) is 20.9 Å². The average Bonchev–Trinajstić information content (AvgIpc) is 2.63. The lowest BCUT2D eigenvalue weighted by molar-refractivity contribution is 0.432. The number of aryl methyl sites for hydroxylation is 1. The molecule has 2 N–H and O–H groups in total. The predicted octanol–water partition coefficient (Wildman–Crippen LogP) is 4.32. The number of aromatic amines is 1. The largest absolute Gasteiger partial charge is 0.494 e. The zero-order valence-electron chi connectivity index (χ0n) is 14.1. The van der Waals surface area contributed by atoms with Crippen LogP contribution >= 0.6 is 12.2 Å². The maximum Gasteiger partial charge on any atom is 0.262 e. The van der Waals surface area contributed by atoms with Gasteiger partial charge in [-0.1, -0.05) is 35.9 Å². The predicted molar refractivity (Wildman–Crippen MR) is 107 cm³/mol. The zero-order valence-corrected chi connectivity index (χ0v) is 14.9. The molecule has 0 aliphatic carbocycles. The minimum atomic E-state index is -0.458. The standard InChI is InChI=1S/C20H17N3O2S/c1-14-9-11-16(12-10-14)23-19(25)17(18(24)22-20(23)26)8-5-13-21-15-6-3-2-4-7-15/h2-13,25H,1H3,(H,22,24,26)/b8-5+,21-13?. The summed E-state index contributed by atoms with van der Waals surface area (Å²) in [5.41, 5.74) is 2.20. The van der Waals surface area contributed by atoms with E-state index >= 15 is 0 Å². The first-order chi connectivity index (χ1) is 12.6. The molecule has 0 aliphatic heterocycles. The molecule has 6 heteroatoms. The minimum Gasteiger partial charge on any atom is -0.494 e. The number of nitrogens with one attached hydrogen (secondary N) is 1. The zero-order chi connectivity index (χ0) is 18.5. The van der Waals surface area contributed by atoms with Gasteiger partial charge in [0.05, 0.1) is 11.4 Å². The van der Waals surface area contributed by atoms with Crippen molar-refractivity contribution in [3.63, 3.8) is 0 Å². The summed E-state index contributed by atoms with van der Waals surface area (Å²) in [6.07, 6.45) is 4.66. The number of benzene rings is 2. The van der Waals surface area contributed by atoms with Gasteiger partial charge in [-0.25, -0.2) is 0 Å². The lowest BCUT2D eigenvalue weighted by atomic mass is 10.2. The number of aromatic nitrogens is 2. The molecule has 0 bridgehead atoms. The van der Waals surface area contributed by atoms with Crippen molar-refractivity contribution in [3.8, 4) is 11.6 Å². The quantitative estimate of drug-likeness (QED) is 0.535.